The van der Waals surface area contributed by atoms with E-state index in [2.05, 4.69) is 20.5 Å². The van der Waals surface area contributed by atoms with E-state index in [1.54, 1.807) is 10.8 Å². The summed E-state index contributed by atoms with van der Waals surface area (Å²) in [5.41, 5.74) is 12.5. The van der Waals surface area contributed by atoms with Crippen LogP contribution in [0.4, 0.5) is 0 Å². The van der Waals surface area contributed by atoms with E-state index in [-0.39, 0.29) is 59.5 Å². The molecule has 2 saturated carbocycles. The van der Waals surface area contributed by atoms with Crippen molar-refractivity contribution in [2.75, 3.05) is 37.8 Å². The third-order valence-corrected chi connectivity index (χ3v) is 16.1. The van der Waals surface area contributed by atoms with Crippen molar-refractivity contribution in [3.05, 3.63) is 0 Å². The number of nitrogens with one attached hydrogen (secondary N) is 2. The summed E-state index contributed by atoms with van der Waals surface area (Å²) in [6.07, 6.45) is 15.9. The molecule has 0 aromatic carbocycles. The Morgan fingerprint density at radius 2 is 1.80 bits per heavy atom. The quantitative estimate of drug-likeness (QED) is 0.168. The Kier molecular flexibility index (Phi) is 16.6. The number of carbonyl (C=O) groups excluding carboxylic acids is 2. The Labute approximate surface area is 338 Å². The van der Waals surface area contributed by atoms with Crippen LogP contribution >= 0.6 is 21.6 Å². The number of amides is 1. The van der Waals surface area contributed by atoms with Gasteiger partial charge in [-0.25, -0.2) is 4.99 Å². The second kappa shape index (κ2) is 21.1. The van der Waals surface area contributed by atoms with Gasteiger partial charge in [0.25, 0.3) is 0 Å². The number of aliphatic hydroxyl groups excluding tert-OH is 2. The van der Waals surface area contributed by atoms with Crippen LogP contribution in [0.1, 0.15) is 129 Å². The first kappa shape index (κ1) is 43.3. The number of piperidine rings is 1. The molecule has 0 radical (unpaired) electrons. The van der Waals surface area contributed by atoms with Crippen LogP contribution in [0.2, 0.25) is 0 Å². The van der Waals surface area contributed by atoms with Crippen LogP contribution in [0.3, 0.4) is 0 Å². The molecule has 6 aliphatic rings. The van der Waals surface area contributed by atoms with E-state index in [9.17, 15) is 19.8 Å². The molecule has 4 bridgehead atoms. The standard InChI is InChI=1S/C41H72N6O6S2/c1-27(48)52-33-12-10-30-20-31(38(51)39-34(30)13-11-29-7-6-9-35(29)53-39)24-47-25-41(23-37(47)50,22-28-14-16-44-36(42)19-28)15-17-45-40(43)46-26-55-54-18-5-3-2-4-8-32(49)21-33/h28-36,38-39,44,49,51H,2-26,42H2,1H3,(H3,43,45,46). The van der Waals surface area contributed by atoms with Gasteiger partial charge in [0.05, 0.1) is 36.5 Å². The fourth-order valence-corrected chi connectivity index (χ4v) is 13.1. The monoisotopic (exact) mass is 808 g/mol. The number of aliphatic hydroxyl groups is 2. The molecule has 0 aromatic rings. The molecule has 1 amide bonds. The summed E-state index contributed by atoms with van der Waals surface area (Å²) < 4.78 is 12.8. The number of fused-ring (bicyclic) bond motifs is 7. The maximum atomic E-state index is 14.1. The van der Waals surface area contributed by atoms with E-state index in [1.165, 1.54) is 19.8 Å². The van der Waals surface area contributed by atoms with Gasteiger partial charge in [0.1, 0.15) is 6.10 Å². The minimum atomic E-state index is -0.641. The molecule has 2 aliphatic carbocycles. The Balaban J connectivity index is 1.21. The zero-order valence-electron chi connectivity index (χ0n) is 33.4. The molecule has 4 aliphatic heterocycles. The lowest BCUT2D eigenvalue weighted by Crippen LogP contribution is -2.52. The van der Waals surface area contributed by atoms with E-state index in [4.69, 9.17) is 20.9 Å². The lowest BCUT2D eigenvalue weighted by Gasteiger charge is -2.46. The lowest BCUT2D eigenvalue weighted by atomic mass is 9.67. The first-order chi connectivity index (χ1) is 26.6. The van der Waals surface area contributed by atoms with Crippen molar-refractivity contribution in [1.82, 2.24) is 15.5 Å². The van der Waals surface area contributed by atoms with Crippen molar-refractivity contribution < 1.29 is 29.3 Å². The number of nitrogens with zero attached hydrogens (tertiary/aromatic N) is 2. The Hall–Kier alpha value is -1.29. The highest BCUT2D eigenvalue weighted by atomic mass is 33.1. The van der Waals surface area contributed by atoms with Gasteiger partial charge in [-0.1, -0.05) is 47.3 Å². The van der Waals surface area contributed by atoms with Crippen molar-refractivity contribution in [3.63, 3.8) is 0 Å². The summed E-state index contributed by atoms with van der Waals surface area (Å²) in [6.45, 7) is 4.18. The summed E-state index contributed by atoms with van der Waals surface area (Å²) in [5.74, 6) is 3.31. The van der Waals surface area contributed by atoms with Crippen molar-refractivity contribution in [2.45, 2.75) is 166 Å². The van der Waals surface area contributed by atoms with E-state index in [1.807, 2.05) is 10.8 Å². The van der Waals surface area contributed by atoms with Crippen molar-refractivity contribution in [3.8, 4) is 0 Å². The maximum absolute atomic E-state index is 14.1. The molecule has 55 heavy (non-hydrogen) atoms. The molecular weight excluding hydrogens is 737 g/mol. The SMILES string of the molecule is CC(=O)OC1CCC2CC(CN3CC(CC4CCNC(N)C4)(CCNC(N)=NCSSCCCCCCC(O)C1)CC3=O)C(O)C1OC3CCCC3CCC21. The summed E-state index contributed by atoms with van der Waals surface area (Å²) in [4.78, 5) is 32.9. The van der Waals surface area contributed by atoms with Crippen molar-refractivity contribution >= 4 is 39.4 Å². The van der Waals surface area contributed by atoms with Crippen molar-refractivity contribution in [2.24, 2.45) is 51.5 Å². The minimum absolute atomic E-state index is 0.0203. The van der Waals surface area contributed by atoms with Crippen LogP contribution in [0.25, 0.3) is 0 Å². The zero-order valence-corrected chi connectivity index (χ0v) is 35.1. The summed E-state index contributed by atoms with van der Waals surface area (Å²) in [7, 11) is 3.52. The third kappa shape index (κ3) is 12.6. The fraction of sp³-hybridized carbons (Fsp3) is 0.927. The topological polar surface area (TPSA) is 185 Å². The first-order valence-electron chi connectivity index (χ1n) is 21.8. The zero-order chi connectivity index (χ0) is 38.8. The number of ether oxygens (including phenoxy) is 2. The van der Waals surface area contributed by atoms with Gasteiger partial charge in [0, 0.05) is 51.1 Å². The van der Waals surface area contributed by atoms with Crippen LogP contribution < -0.4 is 22.1 Å². The molecular formula is C41H72N6O6S2. The Morgan fingerprint density at radius 1 is 0.964 bits per heavy atom. The van der Waals surface area contributed by atoms with Gasteiger partial charge in [0.15, 0.2) is 5.96 Å². The highest BCUT2D eigenvalue weighted by Gasteiger charge is 2.51. The molecule has 12 nitrogen and oxygen atoms in total. The molecule has 14 heteroatoms. The highest BCUT2D eigenvalue weighted by molar-refractivity contribution is 8.76. The molecule has 12 atom stereocenters. The predicted molar refractivity (Wildman–Crippen MR) is 221 cm³/mol. The number of rotatable bonds is 3. The predicted octanol–water partition coefficient (Wildman–Crippen LogP) is 4.90. The molecule has 6 rings (SSSR count). The van der Waals surface area contributed by atoms with E-state index < -0.39 is 12.2 Å². The number of carbonyl (C=O) groups is 2. The van der Waals surface area contributed by atoms with E-state index in [0.29, 0.717) is 69.0 Å². The largest absolute Gasteiger partial charge is 0.462 e. The Bertz CT molecular complexity index is 1270. The van der Waals surface area contributed by atoms with Crippen LogP contribution in [0.15, 0.2) is 4.99 Å². The van der Waals surface area contributed by atoms with Crippen LogP contribution in [-0.4, -0.2) is 107 Å². The van der Waals surface area contributed by atoms with Gasteiger partial charge in [-0.3, -0.25) is 9.59 Å². The van der Waals surface area contributed by atoms with Gasteiger partial charge in [-0.2, -0.15) is 0 Å². The average molecular weight is 809 g/mol. The lowest BCUT2D eigenvalue weighted by molar-refractivity contribution is -0.159. The highest BCUT2D eigenvalue weighted by Crippen LogP contribution is 2.49. The van der Waals surface area contributed by atoms with Gasteiger partial charge in [0.2, 0.25) is 5.91 Å². The normalized spacial score (nSPS) is 40.9. The molecule has 3 saturated heterocycles. The molecule has 4 heterocycles. The van der Waals surface area contributed by atoms with Gasteiger partial charge < -0.3 is 46.7 Å². The van der Waals surface area contributed by atoms with Gasteiger partial charge in [-0.05, 0) is 119 Å². The number of nitrogens with two attached hydrogens (primary N) is 2. The average Bonchev–Trinajstić information content (AvgIpc) is 3.65. The minimum Gasteiger partial charge on any atom is -0.462 e. The van der Waals surface area contributed by atoms with Gasteiger partial charge >= 0.3 is 5.97 Å². The van der Waals surface area contributed by atoms with Crippen LogP contribution in [-0.2, 0) is 19.1 Å². The molecule has 0 spiro atoms. The Morgan fingerprint density at radius 3 is 2.64 bits per heavy atom. The molecule has 8 N–H and O–H groups in total. The number of aliphatic imine (C=N–C) groups is 1. The molecule has 12 unspecified atom stereocenters. The first-order valence-corrected chi connectivity index (χ1v) is 24.3. The number of hydrogen-bond acceptors (Lipinski definition) is 13. The van der Waals surface area contributed by atoms with Gasteiger partial charge in [-0.15, -0.1) is 0 Å². The maximum Gasteiger partial charge on any atom is 0.302 e. The number of esters is 1. The van der Waals surface area contributed by atoms with Crippen LogP contribution in [0.5, 0.6) is 0 Å². The number of guanidine groups is 1. The third-order valence-electron chi connectivity index (χ3n) is 13.9. The smallest absolute Gasteiger partial charge is 0.302 e. The molecule has 314 valence electrons. The summed E-state index contributed by atoms with van der Waals surface area (Å²) >= 11 is 0. The van der Waals surface area contributed by atoms with E-state index in [0.717, 1.165) is 95.8 Å². The molecule has 5 fully saturated rings. The summed E-state index contributed by atoms with van der Waals surface area (Å²) in [5, 5.41) is 30.0. The second-order valence-electron chi connectivity index (χ2n) is 18.1. The van der Waals surface area contributed by atoms with Crippen molar-refractivity contribution in [1.29, 1.82) is 0 Å². The fourth-order valence-electron chi connectivity index (χ4n) is 11.3. The second-order valence-corrected chi connectivity index (χ2v) is 20.7. The van der Waals surface area contributed by atoms with Crippen LogP contribution in [0, 0.1) is 35.0 Å². The van der Waals surface area contributed by atoms with E-state index >= 15 is 0 Å². The molecule has 0 aromatic heterocycles. The summed E-state index contributed by atoms with van der Waals surface area (Å²) in [6, 6.07) is 0. The number of hydrogen-bond donors (Lipinski definition) is 6.